The fourth-order valence-corrected chi connectivity index (χ4v) is 9.19. The minimum atomic E-state index is -4.24. The SMILES string of the molecule is COc1ccc(CN(Cc2ccc(OC)cc2)S(=O)(=O)c2c(Sc3ccccc3)ccc(I)c2-c2nnnn2Cc2ccc(OC)cc2)cc1. The van der Waals surface area contributed by atoms with Crippen LogP contribution in [0.3, 0.4) is 0 Å². The van der Waals surface area contributed by atoms with Crippen LogP contribution >= 0.6 is 34.4 Å². The molecule has 0 fully saturated rings. The fraction of sp³-hybridized carbons (Fsp3) is 0.162. The Morgan fingerprint density at radius 1 is 0.700 bits per heavy atom. The summed E-state index contributed by atoms with van der Waals surface area (Å²) in [6.45, 7) is 0.532. The monoisotopic (exact) mass is 819 g/mol. The minimum absolute atomic E-state index is 0.107. The van der Waals surface area contributed by atoms with Crippen LogP contribution in [-0.2, 0) is 29.7 Å². The van der Waals surface area contributed by atoms with E-state index in [0.29, 0.717) is 37.9 Å². The van der Waals surface area contributed by atoms with Gasteiger partial charge in [0.05, 0.1) is 33.4 Å². The van der Waals surface area contributed by atoms with Crippen LogP contribution in [0.4, 0.5) is 0 Å². The molecule has 13 heteroatoms. The Hall–Kier alpha value is -4.44. The van der Waals surface area contributed by atoms with Gasteiger partial charge < -0.3 is 14.2 Å². The summed E-state index contributed by atoms with van der Waals surface area (Å²) in [7, 11) is 0.578. The molecule has 256 valence electrons. The normalized spacial score (nSPS) is 11.5. The van der Waals surface area contributed by atoms with Gasteiger partial charge in [0.25, 0.3) is 0 Å². The lowest BCUT2D eigenvalue weighted by molar-refractivity contribution is 0.397. The number of aromatic nitrogens is 4. The van der Waals surface area contributed by atoms with Crippen molar-refractivity contribution >= 4 is 44.4 Å². The number of nitrogens with zero attached hydrogens (tertiary/aromatic N) is 5. The zero-order chi connectivity index (χ0) is 35.1. The van der Waals surface area contributed by atoms with E-state index in [-0.39, 0.29) is 18.0 Å². The van der Waals surface area contributed by atoms with Gasteiger partial charge >= 0.3 is 0 Å². The van der Waals surface area contributed by atoms with Crippen molar-refractivity contribution in [2.24, 2.45) is 0 Å². The standard InChI is InChI=1S/C37H34IN5O5S2/c1-46-29-15-9-26(10-16-29)23-42(24-27-11-17-30(47-2)18-12-27)50(44,45)36-34(49-32-7-5-4-6-8-32)22-21-33(38)35(36)37-39-40-41-43(37)25-28-13-19-31(48-3)20-14-28/h4-22H,23-25H2,1-3H3. The molecule has 6 rings (SSSR count). The summed E-state index contributed by atoms with van der Waals surface area (Å²) >= 11 is 3.55. The summed E-state index contributed by atoms with van der Waals surface area (Å²) in [5.41, 5.74) is 2.96. The lowest BCUT2D eigenvalue weighted by atomic mass is 10.2. The van der Waals surface area contributed by atoms with Crippen LogP contribution in [-0.4, -0.2) is 54.3 Å². The Kier molecular flexibility index (Phi) is 11.4. The number of ether oxygens (including phenoxy) is 3. The number of hydrogen-bond acceptors (Lipinski definition) is 9. The first-order chi connectivity index (χ1) is 24.3. The van der Waals surface area contributed by atoms with Gasteiger partial charge in [0.2, 0.25) is 10.0 Å². The van der Waals surface area contributed by atoms with Gasteiger partial charge in [0, 0.05) is 26.5 Å². The number of rotatable bonds is 14. The quantitative estimate of drug-likeness (QED) is 0.103. The summed E-state index contributed by atoms with van der Waals surface area (Å²) in [5, 5.41) is 12.7. The lowest BCUT2D eigenvalue weighted by Crippen LogP contribution is -2.31. The zero-order valence-corrected chi connectivity index (χ0v) is 31.4. The molecular weight excluding hydrogens is 785 g/mol. The topological polar surface area (TPSA) is 109 Å². The van der Waals surface area contributed by atoms with E-state index in [1.165, 1.54) is 16.1 Å². The molecule has 0 radical (unpaired) electrons. The average molecular weight is 820 g/mol. The molecule has 5 aromatic carbocycles. The molecular formula is C37H34IN5O5S2. The highest BCUT2D eigenvalue weighted by atomic mass is 127. The van der Waals surface area contributed by atoms with Crippen LogP contribution in [0.25, 0.3) is 11.4 Å². The highest BCUT2D eigenvalue weighted by molar-refractivity contribution is 14.1. The second kappa shape index (κ2) is 16.1. The van der Waals surface area contributed by atoms with Crippen molar-refractivity contribution in [1.82, 2.24) is 24.5 Å². The Morgan fingerprint density at radius 3 is 1.74 bits per heavy atom. The smallest absolute Gasteiger partial charge is 0.245 e. The van der Waals surface area contributed by atoms with E-state index in [0.717, 1.165) is 27.3 Å². The maximum Gasteiger partial charge on any atom is 0.245 e. The van der Waals surface area contributed by atoms with Gasteiger partial charge in [-0.2, -0.15) is 4.31 Å². The van der Waals surface area contributed by atoms with E-state index in [2.05, 4.69) is 38.1 Å². The number of hydrogen-bond donors (Lipinski definition) is 0. The van der Waals surface area contributed by atoms with Crippen molar-refractivity contribution < 1.29 is 22.6 Å². The second-order valence-electron chi connectivity index (χ2n) is 11.1. The van der Waals surface area contributed by atoms with Crippen LogP contribution in [0.15, 0.2) is 130 Å². The fourth-order valence-electron chi connectivity index (χ4n) is 5.32. The van der Waals surface area contributed by atoms with Crippen LogP contribution in [0.1, 0.15) is 16.7 Å². The second-order valence-corrected chi connectivity index (χ2v) is 15.3. The summed E-state index contributed by atoms with van der Waals surface area (Å²) < 4.78 is 50.6. The van der Waals surface area contributed by atoms with Gasteiger partial charge in [-0.05, 0) is 110 Å². The van der Waals surface area contributed by atoms with Crippen molar-refractivity contribution in [3.63, 3.8) is 0 Å². The van der Waals surface area contributed by atoms with E-state index in [1.54, 1.807) is 26.0 Å². The van der Waals surface area contributed by atoms with Gasteiger partial charge in [0.1, 0.15) is 22.1 Å². The van der Waals surface area contributed by atoms with E-state index in [9.17, 15) is 0 Å². The first-order valence-corrected chi connectivity index (χ1v) is 18.8. The first kappa shape index (κ1) is 35.4. The van der Waals surface area contributed by atoms with Crippen LogP contribution in [0.5, 0.6) is 17.2 Å². The highest BCUT2D eigenvalue weighted by Crippen LogP contribution is 2.42. The summed E-state index contributed by atoms with van der Waals surface area (Å²) in [5.74, 6) is 2.44. The Bertz CT molecular complexity index is 2100. The first-order valence-electron chi connectivity index (χ1n) is 15.5. The zero-order valence-electron chi connectivity index (χ0n) is 27.6. The van der Waals surface area contributed by atoms with Crippen molar-refractivity contribution in [3.05, 3.63) is 136 Å². The molecule has 0 atom stereocenters. The van der Waals surface area contributed by atoms with Crippen LogP contribution in [0, 0.1) is 3.57 Å². The van der Waals surface area contributed by atoms with E-state index in [4.69, 9.17) is 14.2 Å². The van der Waals surface area contributed by atoms with Gasteiger partial charge in [-0.25, -0.2) is 13.1 Å². The predicted molar refractivity (Wildman–Crippen MR) is 201 cm³/mol. The number of tetrazole rings is 1. The van der Waals surface area contributed by atoms with Crippen LogP contribution in [0.2, 0.25) is 0 Å². The van der Waals surface area contributed by atoms with Crippen molar-refractivity contribution in [1.29, 1.82) is 0 Å². The van der Waals surface area contributed by atoms with E-state index >= 15 is 8.42 Å². The third kappa shape index (κ3) is 8.12. The molecule has 0 aliphatic rings. The predicted octanol–water partition coefficient (Wildman–Crippen LogP) is 7.56. The van der Waals surface area contributed by atoms with Crippen LogP contribution < -0.4 is 14.2 Å². The molecule has 50 heavy (non-hydrogen) atoms. The molecule has 6 aromatic rings. The van der Waals surface area contributed by atoms with Crippen molar-refractivity contribution in [3.8, 4) is 28.6 Å². The Morgan fingerprint density at radius 2 is 1.22 bits per heavy atom. The average Bonchev–Trinajstić information content (AvgIpc) is 3.60. The molecule has 0 saturated heterocycles. The molecule has 0 aliphatic heterocycles. The molecule has 0 bridgehead atoms. The molecule has 0 saturated carbocycles. The third-order valence-electron chi connectivity index (χ3n) is 7.92. The van der Waals surface area contributed by atoms with Crippen molar-refractivity contribution in [2.45, 2.75) is 34.3 Å². The lowest BCUT2D eigenvalue weighted by Gasteiger charge is -2.26. The van der Waals surface area contributed by atoms with E-state index in [1.807, 2.05) is 115 Å². The number of halogens is 1. The van der Waals surface area contributed by atoms with Gasteiger partial charge in [-0.3, -0.25) is 0 Å². The molecule has 0 spiro atoms. The minimum Gasteiger partial charge on any atom is -0.497 e. The largest absolute Gasteiger partial charge is 0.497 e. The number of benzene rings is 5. The van der Waals surface area contributed by atoms with Gasteiger partial charge in [-0.1, -0.05) is 66.4 Å². The molecule has 1 aromatic heterocycles. The molecule has 0 N–H and O–H groups in total. The molecule has 1 heterocycles. The Balaban J connectivity index is 1.51. The summed E-state index contributed by atoms with van der Waals surface area (Å²) in [4.78, 5) is 1.58. The molecule has 0 amide bonds. The Labute approximate surface area is 309 Å². The van der Waals surface area contributed by atoms with Gasteiger partial charge in [0.15, 0.2) is 5.82 Å². The third-order valence-corrected chi connectivity index (χ3v) is 11.9. The maximum absolute atomic E-state index is 15.4. The van der Waals surface area contributed by atoms with Gasteiger partial charge in [-0.15, -0.1) is 5.10 Å². The molecule has 10 nitrogen and oxygen atoms in total. The summed E-state index contributed by atoms with van der Waals surface area (Å²) in [6, 6.07) is 35.9. The van der Waals surface area contributed by atoms with E-state index < -0.39 is 10.0 Å². The summed E-state index contributed by atoms with van der Waals surface area (Å²) in [6.07, 6.45) is 0. The molecule has 0 unspecified atom stereocenters. The molecule has 0 aliphatic carbocycles. The number of sulfonamides is 1. The highest BCUT2D eigenvalue weighted by Gasteiger charge is 2.34. The van der Waals surface area contributed by atoms with Crippen molar-refractivity contribution in [2.75, 3.05) is 21.3 Å². The number of methoxy groups -OCH3 is 3. The maximum atomic E-state index is 15.4.